The summed E-state index contributed by atoms with van der Waals surface area (Å²) < 4.78 is 11.4. The van der Waals surface area contributed by atoms with Gasteiger partial charge in [0.25, 0.3) is 6.47 Å². The highest BCUT2D eigenvalue weighted by Crippen LogP contribution is 2.31. The highest BCUT2D eigenvalue weighted by Gasteiger charge is 2.38. The summed E-state index contributed by atoms with van der Waals surface area (Å²) in [5, 5.41) is 10.9. The molecule has 0 saturated carbocycles. The lowest BCUT2D eigenvalue weighted by molar-refractivity contribution is -0.128. The fraction of sp³-hybridized carbons (Fsp3) is 0.600. The molecule has 0 radical (unpaired) electrons. The van der Waals surface area contributed by atoms with Crippen LogP contribution in [0.5, 0.6) is 0 Å². The Morgan fingerprint density at radius 1 is 1.21 bits per heavy atom. The smallest absolute Gasteiger partial charge is 0.290 e. The van der Waals surface area contributed by atoms with E-state index in [1.807, 2.05) is 24.3 Å². The number of morpholine rings is 1. The number of rotatable bonds is 3. The van der Waals surface area contributed by atoms with Crippen LogP contribution in [0.15, 0.2) is 24.3 Å². The molecule has 3 atom stereocenters. The molecule has 1 aromatic rings. The molecule has 8 heteroatoms. The van der Waals surface area contributed by atoms with Gasteiger partial charge in [-0.15, -0.1) is 0 Å². The first kappa shape index (κ1) is 21.0. The number of ether oxygens (including phenoxy) is 2. The molecule has 3 aliphatic heterocycles. The van der Waals surface area contributed by atoms with E-state index in [2.05, 4.69) is 10.2 Å². The summed E-state index contributed by atoms with van der Waals surface area (Å²) in [5.74, 6) is 0.313. The summed E-state index contributed by atoms with van der Waals surface area (Å²) in [7, 11) is 0. The zero-order chi connectivity index (χ0) is 19.9. The van der Waals surface area contributed by atoms with Gasteiger partial charge in [0, 0.05) is 49.3 Å². The second kappa shape index (κ2) is 10.2. The first-order chi connectivity index (χ1) is 13.6. The molecule has 0 aromatic heterocycles. The summed E-state index contributed by atoms with van der Waals surface area (Å²) >= 11 is 5.97. The predicted octanol–water partition coefficient (Wildman–Crippen LogP) is 2.10. The number of fused-ring (bicyclic) bond motifs is 1. The van der Waals surface area contributed by atoms with E-state index in [0.29, 0.717) is 19.3 Å². The molecule has 0 aliphatic carbocycles. The Bertz CT molecular complexity index is 651. The number of carbonyl (C=O) groups excluding carboxylic acids is 1. The van der Waals surface area contributed by atoms with Crippen molar-refractivity contribution in [2.75, 3.05) is 32.9 Å². The molecule has 28 heavy (non-hydrogen) atoms. The van der Waals surface area contributed by atoms with Gasteiger partial charge in [-0.1, -0.05) is 23.7 Å². The fourth-order valence-corrected chi connectivity index (χ4v) is 4.26. The van der Waals surface area contributed by atoms with Gasteiger partial charge in [-0.3, -0.25) is 14.5 Å². The van der Waals surface area contributed by atoms with Crippen molar-refractivity contribution < 1.29 is 24.2 Å². The summed E-state index contributed by atoms with van der Waals surface area (Å²) in [6, 6.07) is 8.53. The Labute approximate surface area is 169 Å². The van der Waals surface area contributed by atoms with Crippen molar-refractivity contribution >= 4 is 24.0 Å². The van der Waals surface area contributed by atoms with E-state index in [4.69, 9.17) is 31.0 Å². The van der Waals surface area contributed by atoms with Crippen LogP contribution in [0.4, 0.5) is 0 Å². The fourth-order valence-electron chi connectivity index (χ4n) is 4.14. The summed E-state index contributed by atoms with van der Waals surface area (Å²) in [4.78, 5) is 23.3. The topological polar surface area (TPSA) is 88.1 Å². The summed E-state index contributed by atoms with van der Waals surface area (Å²) in [6.07, 6.45) is 2.74. The third-order valence-electron chi connectivity index (χ3n) is 5.60. The first-order valence-electron chi connectivity index (χ1n) is 9.67. The summed E-state index contributed by atoms with van der Waals surface area (Å²) in [6.45, 7) is 3.65. The Morgan fingerprint density at radius 2 is 1.89 bits per heavy atom. The van der Waals surface area contributed by atoms with Crippen LogP contribution in [-0.2, 0) is 19.1 Å². The van der Waals surface area contributed by atoms with Gasteiger partial charge in [0.1, 0.15) is 0 Å². The van der Waals surface area contributed by atoms with Crippen molar-refractivity contribution in [2.45, 2.75) is 37.5 Å². The van der Waals surface area contributed by atoms with Crippen LogP contribution < -0.4 is 5.32 Å². The molecule has 2 N–H and O–H groups in total. The van der Waals surface area contributed by atoms with E-state index in [9.17, 15) is 4.79 Å². The molecular formula is C20H27ClN2O5. The molecule has 4 rings (SSSR count). The van der Waals surface area contributed by atoms with Gasteiger partial charge in [-0.05, 0) is 37.0 Å². The highest BCUT2D eigenvalue weighted by molar-refractivity contribution is 6.30. The molecular weight excluding hydrogens is 384 g/mol. The largest absolute Gasteiger partial charge is 0.483 e. The normalized spacial score (nSPS) is 28.0. The number of nitrogens with zero attached hydrogens (tertiary/aromatic N) is 1. The average molecular weight is 411 g/mol. The van der Waals surface area contributed by atoms with Gasteiger partial charge in [-0.2, -0.15) is 0 Å². The van der Waals surface area contributed by atoms with Gasteiger partial charge < -0.3 is 19.9 Å². The van der Waals surface area contributed by atoms with Gasteiger partial charge in [0.15, 0.2) is 0 Å². The minimum Gasteiger partial charge on any atom is -0.483 e. The minimum absolute atomic E-state index is 0.0819. The highest BCUT2D eigenvalue weighted by atomic mass is 35.5. The second-order valence-corrected chi connectivity index (χ2v) is 7.85. The van der Waals surface area contributed by atoms with Crippen molar-refractivity contribution in [1.82, 2.24) is 10.2 Å². The number of amides is 1. The van der Waals surface area contributed by atoms with E-state index >= 15 is 0 Å². The van der Waals surface area contributed by atoms with Crippen molar-refractivity contribution in [2.24, 2.45) is 5.92 Å². The minimum atomic E-state index is -0.250. The Kier molecular flexibility index (Phi) is 7.67. The number of benzene rings is 1. The molecule has 0 spiro atoms. The molecule has 3 saturated heterocycles. The maximum absolute atomic E-state index is 12.4. The zero-order valence-electron chi connectivity index (χ0n) is 15.8. The standard InChI is InChI=1S/C19H25ClN2O3.CH2O2/c20-15-3-1-13(2-4-15)18-11-22-10-16(9-17(22)12-25-18)21-19(23)14-5-7-24-8-6-14;2-1-3/h1-4,14,16-18H,5-12H2,(H,21,23);1H,(H,2,3)/t16-,17+,18-;/m1./s1. The number of halogens is 1. The van der Waals surface area contributed by atoms with Crippen molar-refractivity contribution in [3.8, 4) is 0 Å². The lowest BCUT2D eigenvalue weighted by atomic mass is 9.99. The molecule has 1 aromatic carbocycles. The number of carboxylic acid groups (broad SMARTS) is 1. The number of hydrogen-bond donors (Lipinski definition) is 2. The van der Waals surface area contributed by atoms with Crippen LogP contribution in [0.3, 0.4) is 0 Å². The molecule has 3 heterocycles. The Balaban J connectivity index is 0.000000706. The number of carbonyl (C=O) groups is 2. The van der Waals surface area contributed by atoms with Crippen LogP contribution in [-0.4, -0.2) is 67.4 Å². The van der Waals surface area contributed by atoms with Crippen LogP contribution in [0.2, 0.25) is 5.02 Å². The van der Waals surface area contributed by atoms with Crippen LogP contribution in [0.25, 0.3) is 0 Å². The van der Waals surface area contributed by atoms with Crippen molar-refractivity contribution in [3.05, 3.63) is 34.9 Å². The number of hydrogen-bond acceptors (Lipinski definition) is 5. The zero-order valence-corrected chi connectivity index (χ0v) is 16.5. The molecule has 0 unspecified atom stereocenters. The Morgan fingerprint density at radius 3 is 2.57 bits per heavy atom. The third kappa shape index (κ3) is 5.44. The van der Waals surface area contributed by atoms with E-state index in [1.54, 1.807) is 0 Å². The molecule has 3 fully saturated rings. The van der Waals surface area contributed by atoms with Gasteiger partial charge >= 0.3 is 0 Å². The van der Waals surface area contributed by atoms with Crippen LogP contribution in [0, 0.1) is 5.92 Å². The summed E-state index contributed by atoms with van der Waals surface area (Å²) in [5.41, 5.74) is 1.16. The van der Waals surface area contributed by atoms with E-state index < -0.39 is 0 Å². The van der Waals surface area contributed by atoms with E-state index in [0.717, 1.165) is 49.5 Å². The lowest BCUT2D eigenvalue weighted by Gasteiger charge is -2.35. The molecule has 154 valence electrons. The molecule has 0 bridgehead atoms. The molecule has 7 nitrogen and oxygen atoms in total. The monoisotopic (exact) mass is 410 g/mol. The van der Waals surface area contributed by atoms with Gasteiger partial charge in [0.2, 0.25) is 5.91 Å². The first-order valence-corrected chi connectivity index (χ1v) is 10.1. The average Bonchev–Trinajstić information content (AvgIpc) is 3.11. The lowest BCUT2D eigenvalue weighted by Crippen LogP contribution is -2.44. The molecule has 1 amide bonds. The van der Waals surface area contributed by atoms with Crippen molar-refractivity contribution in [3.63, 3.8) is 0 Å². The third-order valence-corrected chi connectivity index (χ3v) is 5.85. The Hall–Kier alpha value is -1.67. The maximum Gasteiger partial charge on any atom is 0.290 e. The predicted molar refractivity (Wildman–Crippen MR) is 104 cm³/mol. The van der Waals surface area contributed by atoms with Gasteiger partial charge in [-0.25, -0.2) is 0 Å². The van der Waals surface area contributed by atoms with Crippen LogP contribution in [0.1, 0.15) is 30.9 Å². The maximum atomic E-state index is 12.4. The van der Waals surface area contributed by atoms with Crippen molar-refractivity contribution in [1.29, 1.82) is 0 Å². The van der Waals surface area contributed by atoms with E-state index in [-0.39, 0.29) is 30.4 Å². The SMILES string of the molecule is O=C(N[C@@H]1C[C@H]2CO[C@@H](c3ccc(Cl)cc3)CN2C1)C1CCOCC1.O=CO. The van der Waals surface area contributed by atoms with E-state index in [1.165, 1.54) is 0 Å². The van der Waals surface area contributed by atoms with Crippen LogP contribution >= 0.6 is 11.6 Å². The quantitative estimate of drug-likeness (QED) is 0.742. The molecule has 3 aliphatic rings. The number of nitrogens with one attached hydrogen (secondary N) is 1. The second-order valence-electron chi connectivity index (χ2n) is 7.41. The van der Waals surface area contributed by atoms with Gasteiger partial charge in [0.05, 0.1) is 12.7 Å².